The van der Waals surface area contributed by atoms with Gasteiger partial charge in [0.15, 0.2) is 0 Å². The van der Waals surface area contributed by atoms with Crippen molar-refractivity contribution in [3.8, 4) is 11.8 Å². The molecule has 2 rings (SSSR count). The number of amides is 1. The second-order valence-electron chi connectivity index (χ2n) is 5.12. The van der Waals surface area contributed by atoms with Gasteiger partial charge in [-0.1, -0.05) is 15.9 Å². The van der Waals surface area contributed by atoms with Crippen LogP contribution in [-0.4, -0.2) is 55.0 Å². The van der Waals surface area contributed by atoms with Crippen LogP contribution >= 0.6 is 15.9 Å². The molecular formula is C16H20BrN3O2. The topological polar surface area (TPSA) is 56.6 Å². The standard InChI is InChI=1S/C16H20BrN3O2/c1-2-22-15-5-4-13(17)12-14(15)16(21)20-10-8-19(9-11-20)7-3-6-18/h4-5,12H,2-3,7-11H2,1H3. The number of piperazine rings is 1. The number of ether oxygens (including phenoxy) is 1. The van der Waals surface area contributed by atoms with E-state index in [9.17, 15) is 4.79 Å². The molecule has 6 heteroatoms. The Labute approximate surface area is 139 Å². The number of nitrogens with zero attached hydrogens (tertiary/aromatic N) is 3. The molecule has 0 aliphatic carbocycles. The first kappa shape index (κ1) is 16.8. The molecule has 118 valence electrons. The van der Waals surface area contributed by atoms with Crippen LogP contribution in [-0.2, 0) is 0 Å². The fourth-order valence-electron chi connectivity index (χ4n) is 2.50. The lowest BCUT2D eigenvalue weighted by molar-refractivity contribution is 0.0635. The molecule has 0 aromatic heterocycles. The molecule has 1 aromatic rings. The molecule has 22 heavy (non-hydrogen) atoms. The molecule has 0 N–H and O–H groups in total. The molecule has 0 spiro atoms. The van der Waals surface area contributed by atoms with Crippen LogP contribution in [0.3, 0.4) is 0 Å². The summed E-state index contributed by atoms with van der Waals surface area (Å²) in [6.07, 6.45) is 0.536. The largest absolute Gasteiger partial charge is 0.493 e. The van der Waals surface area contributed by atoms with Gasteiger partial charge in [-0.3, -0.25) is 9.69 Å². The summed E-state index contributed by atoms with van der Waals surface area (Å²) >= 11 is 3.41. The molecule has 1 aliphatic heterocycles. The minimum atomic E-state index is 0.00434. The Hall–Kier alpha value is -1.58. The number of nitriles is 1. The van der Waals surface area contributed by atoms with Crippen LogP contribution in [0.1, 0.15) is 23.7 Å². The monoisotopic (exact) mass is 365 g/mol. The third-order valence-corrected chi connectivity index (χ3v) is 4.16. The van der Waals surface area contributed by atoms with E-state index in [1.165, 1.54) is 0 Å². The van der Waals surface area contributed by atoms with Crippen LogP contribution in [0.25, 0.3) is 0 Å². The van der Waals surface area contributed by atoms with Crippen LogP contribution in [0.5, 0.6) is 5.75 Å². The molecule has 0 saturated carbocycles. The zero-order valence-electron chi connectivity index (χ0n) is 12.7. The highest BCUT2D eigenvalue weighted by Crippen LogP contribution is 2.25. The number of hydrogen-bond donors (Lipinski definition) is 0. The first-order valence-electron chi connectivity index (χ1n) is 7.46. The summed E-state index contributed by atoms with van der Waals surface area (Å²) in [5.74, 6) is 0.632. The van der Waals surface area contributed by atoms with Gasteiger partial charge in [0, 0.05) is 43.6 Å². The highest BCUT2D eigenvalue weighted by Gasteiger charge is 2.24. The fraction of sp³-hybridized carbons (Fsp3) is 0.500. The van der Waals surface area contributed by atoms with Gasteiger partial charge in [0.05, 0.1) is 18.2 Å². The van der Waals surface area contributed by atoms with Crippen molar-refractivity contribution in [3.05, 3.63) is 28.2 Å². The molecule has 0 bridgehead atoms. The highest BCUT2D eigenvalue weighted by atomic mass is 79.9. The van der Waals surface area contributed by atoms with Gasteiger partial charge in [-0.25, -0.2) is 0 Å². The van der Waals surface area contributed by atoms with Gasteiger partial charge in [-0.15, -0.1) is 0 Å². The molecule has 1 saturated heterocycles. The summed E-state index contributed by atoms with van der Waals surface area (Å²) in [7, 11) is 0. The molecular weight excluding hydrogens is 346 g/mol. The quantitative estimate of drug-likeness (QED) is 0.804. The third-order valence-electron chi connectivity index (χ3n) is 3.67. The van der Waals surface area contributed by atoms with Gasteiger partial charge in [0.1, 0.15) is 5.75 Å². The summed E-state index contributed by atoms with van der Waals surface area (Å²) in [5.41, 5.74) is 0.599. The summed E-state index contributed by atoms with van der Waals surface area (Å²) < 4.78 is 6.43. The van der Waals surface area contributed by atoms with Crippen LogP contribution < -0.4 is 4.74 Å². The van der Waals surface area contributed by atoms with Crippen LogP contribution in [0, 0.1) is 11.3 Å². The van der Waals surface area contributed by atoms with E-state index in [0.29, 0.717) is 37.4 Å². The predicted molar refractivity (Wildman–Crippen MR) is 87.9 cm³/mol. The maximum absolute atomic E-state index is 12.7. The Morgan fingerprint density at radius 1 is 1.36 bits per heavy atom. The van der Waals surface area contributed by atoms with E-state index in [4.69, 9.17) is 10.00 Å². The molecule has 1 aliphatic rings. The number of hydrogen-bond acceptors (Lipinski definition) is 4. The lowest BCUT2D eigenvalue weighted by Crippen LogP contribution is -2.48. The molecule has 1 heterocycles. The minimum absolute atomic E-state index is 0.00434. The van der Waals surface area contributed by atoms with Gasteiger partial charge >= 0.3 is 0 Å². The van der Waals surface area contributed by atoms with Crippen molar-refractivity contribution in [2.24, 2.45) is 0 Å². The fourth-order valence-corrected chi connectivity index (χ4v) is 2.86. The van der Waals surface area contributed by atoms with Crippen molar-refractivity contribution >= 4 is 21.8 Å². The second-order valence-corrected chi connectivity index (χ2v) is 6.03. The van der Waals surface area contributed by atoms with Crippen molar-refractivity contribution < 1.29 is 9.53 Å². The van der Waals surface area contributed by atoms with Crippen molar-refractivity contribution in [2.45, 2.75) is 13.3 Å². The normalized spacial score (nSPS) is 15.4. The second kappa shape index (κ2) is 8.16. The minimum Gasteiger partial charge on any atom is -0.493 e. The summed E-state index contributed by atoms with van der Waals surface area (Å²) in [6.45, 7) is 6.20. The highest BCUT2D eigenvalue weighted by molar-refractivity contribution is 9.10. The Kier molecular flexibility index (Phi) is 6.22. The van der Waals surface area contributed by atoms with Crippen LogP contribution in [0.2, 0.25) is 0 Å². The molecule has 1 aromatic carbocycles. The number of carbonyl (C=O) groups excluding carboxylic acids is 1. The molecule has 0 atom stereocenters. The Morgan fingerprint density at radius 2 is 2.09 bits per heavy atom. The van der Waals surface area contributed by atoms with E-state index in [0.717, 1.165) is 24.1 Å². The number of benzene rings is 1. The number of rotatable bonds is 5. The van der Waals surface area contributed by atoms with Gasteiger partial charge in [0.2, 0.25) is 0 Å². The maximum Gasteiger partial charge on any atom is 0.257 e. The number of carbonyl (C=O) groups is 1. The van der Waals surface area contributed by atoms with Crippen LogP contribution in [0.15, 0.2) is 22.7 Å². The Balaban J connectivity index is 2.04. The SMILES string of the molecule is CCOc1ccc(Br)cc1C(=O)N1CCN(CCC#N)CC1. The van der Waals surface area contributed by atoms with E-state index in [1.54, 1.807) is 0 Å². The summed E-state index contributed by atoms with van der Waals surface area (Å²) in [6, 6.07) is 7.67. The summed E-state index contributed by atoms with van der Waals surface area (Å²) in [4.78, 5) is 16.8. The van der Waals surface area contributed by atoms with E-state index in [2.05, 4.69) is 26.9 Å². The first-order chi connectivity index (χ1) is 10.7. The third kappa shape index (κ3) is 4.21. The van der Waals surface area contributed by atoms with Crippen molar-refractivity contribution in [1.82, 2.24) is 9.80 Å². The van der Waals surface area contributed by atoms with Gasteiger partial charge < -0.3 is 9.64 Å². The van der Waals surface area contributed by atoms with E-state index >= 15 is 0 Å². The molecule has 0 radical (unpaired) electrons. The van der Waals surface area contributed by atoms with Gasteiger partial charge in [0.25, 0.3) is 5.91 Å². The molecule has 5 nitrogen and oxygen atoms in total. The van der Waals surface area contributed by atoms with Crippen molar-refractivity contribution in [2.75, 3.05) is 39.3 Å². The van der Waals surface area contributed by atoms with E-state index in [-0.39, 0.29) is 5.91 Å². The molecule has 0 unspecified atom stereocenters. The zero-order valence-corrected chi connectivity index (χ0v) is 14.3. The van der Waals surface area contributed by atoms with Gasteiger partial charge in [-0.05, 0) is 25.1 Å². The smallest absolute Gasteiger partial charge is 0.257 e. The van der Waals surface area contributed by atoms with E-state index < -0.39 is 0 Å². The number of halogens is 1. The Bertz CT molecular complexity index is 563. The molecule has 1 amide bonds. The average molecular weight is 366 g/mol. The van der Waals surface area contributed by atoms with Crippen LogP contribution in [0.4, 0.5) is 0 Å². The lowest BCUT2D eigenvalue weighted by atomic mass is 10.1. The van der Waals surface area contributed by atoms with E-state index in [1.807, 2.05) is 30.0 Å². The molecule has 1 fully saturated rings. The zero-order chi connectivity index (χ0) is 15.9. The van der Waals surface area contributed by atoms with Crippen molar-refractivity contribution in [3.63, 3.8) is 0 Å². The summed E-state index contributed by atoms with van der Waals surface area (Å²) in [5, 5.41) is 8.63. The predicted octanol–water partition coefficient (Wildman–Crippen LogP) is 2.52. The van der Waals surface area contributed by atoms with Gasteiger partial charge in [-0.2, -0.15) is 5.26 Å². The Morgan fingerprint density at radius 3 is 2.73 bits per heavy atom. The lowest BCUT2D eigenvalue weighted by Gasteiger charge is -2.34. The van der Waals surface area contributed by atoms with Crippen molar-refractivity contribution in [1.29, 1.82) is 5.26 Å². The maximum atomic E-state index is 12.7. The average Bonchev–Trinajstić information content (AvgIpc) is 2.54. The first-order valence-corrected chi connectivity index (χ1v) is 8.26.